The van der Waals surface area contributed by atoms with Crippen LogP contribution in [0, 0.1) is 0 Å². The van der Waals surface area contributed by atoms with Crippen molar-refractivity contribution in [2.75, 3.05) is 0 Å². The predicted molar refractivity (Wildman–Crippen MR) is 75.6 cm³/mol. The highest BCUT2D eigenvalue weighted by atomic mass is 35.5. The number of hydrogen-bond acceptors (Lipinski definition) is 2. The summed E-state index contributed by atoms with van der Waals surface area (Å²) in [7, 11) is 0. The van der Waals surface area contributed by atoms with Crippen molar-refractivity contribution in [1.82, 2.24) is 5.32 Å². The van der Waals surface area contributed by atoms with Crippen LogP contribution in [-0.2, 0) is 4.79 Å². The van der Waals surface area contributed by atoms with Crippen LogP contribution in [0.5, 0.6) is 0 Å². The fourth-order valence-electron chi connectivity index (χ4n) is 2.21. The number of thioether (sulfide) groups is 1. The minimum absolute atomic E-state index is 0.0992. The maximum absolute atomic E-state index is 13.4. The number of benzene rings is 1. The van der Waals surface area contributed by atoms with Crippen LogP contribution in [0.25, 0.3) is 0 Å². The van der Waals surface area contributed by atoms with Crippen molar-refractivity contribution >= 4 is 29.3 Å². The summed E-state index contributed by atoms with van der Waals surface area (Å²) in [5.74, 6) is -0.473. The summed E-state index contributed by atoms with van der Waals surface area (Å²) in [5, 5.41) is 2.41. The number of carbonyl (C=O) groups excluding carboxylic acids is 1. The number of allylic oxidation sites excluding steroid dienone is 2. The van der Waals surface area contributed by atoms with Gasteiger partial charge in [-0.05, 0) is 17.7 Å². The molecule has 1 saturated heterocycles. The van der Waals surface area contributed by atoms with E-state index in [1.807, 2.05) is 30.3 Å². The summed E-state index contributed by atoms with van der Waals surface area (Å²) >= 11 is 7.73. The van der Waals surface area contributed by atoms with Crippen molar-refractivity contribution in [3.05, 3.63) is 60.0 Å². The largest absolute Gasteiger partial charge is 0.346 e. The van der Waals surface area contributed by atoms with E-state index in [1.165, 1.54) is 23.9 Å². The Bertz CT molecular complexity index is 574. The van der Waals surface area contributed by atoms with E-state index in [0.29, 0.717) is 0 Å². The quantitative estimate of drug-likeness (QED) is 0.805. The molecule has 1 N–H and O–H groups in total. The molecule has 5 heteroatoms. The van der Waals surface area contributed by atoms with Crippen LogP contribution in [0.15, 0.2) is 54.4 Å². The van der Waals surface area contributed by atoms with E-state index in [9.17, 15) is 9.18 Å². The summed E-state index contributed by atoms with van der Waals surface area (Å²) in [4.78, 5) is 12.1. The molecule has 0 radical (unpaired) electrons. The normalized spacial score (nSPS) is 33.4. The molecule has 3 unspecified atom stereocenters. The first kappa shape index (κ1) is 12.8. The Balaban J connectivity index is 1.94. The van der Waals surface area contributed by atoms with Crippen LogP contribution in [0.4, 0.5) is 4.39 Å². The maximum Gasteiger partial charge on any atom is 0.238 e. The first-order valence-corrected chi connectivity index (χ1v) is 7.13. The molecule has 1 fully saturated rings. The Hall–Kier alpha value is -1.26. The van der Waals surface area contributed by atoms with Gasteiger partial charge >= 0.3 is 0 Å². The first-order chi connectivity index (χ1) is 9.08. The van der Waals surface area contributed by atoms with E-state index in [4.69, 9.17) is 11.6 Å². The Morgan fingerprint density at radius 2 is 2.05 bits per heavy atom. The average Bonchev–Trinajstić information content (AvgIpc) is 2.40. The van der Waals surface area contributed by atoms with E-state index in [0.717, 1.165) is 5.56 Å². The molecule has 0 spiro atoms. The number of alkyl halides is 1. The van der Waals surface area contributed by atoms with Crippen LogP contribution in [0.1, 0.15) is 10.8 Å². The van der Waals surface area contributed by atoms with Gasteiger partial charge in [0.2, 0.25) is 5.91 Å². The van der Waals surface area contributed by atoms with E-state index in [-0.39, 0.29) is 17.8 Å². The smallest absolute Gasteiger partial charge is 0.238 e. The number of nitrogens with one attached hydrogen (secondary N) is 1. The summed E-state index contributed by atoms with van der Waals surface area (Å²) in [6.45, 7) is 0. The molecule has 19 heavy (non-hydrogen) atoms. The zero-order valence-electron chi connectivity index (χ0n) is 9.85. The van der Waals surface area contributed by atoms with E-state index in [2.05, 4.69) is 5.32 Å². The number of hydrogen-bond donors (Lipinski definition) is 1. The van der Waals surface area contributed by atoms with Crippen molar-refractivity contribution in [3.63, 3.8) is 0 Å². The van der Waals surface area contributed by atoms with Gasteiger partial charge in [-0.25, -0.2) is 4.39 Å². The lowest BCUT2D eigenvalue weighted by Gasteiger charge is -2.40. The van der Waals surface area contributed by atoms with Gasteiger partial charge in [-0.3, -0.25) is 4.79 Å². The summed E-state index contributed by atoms with van der Waals surface area (Å²) in [5.41, 5.74) is 0.867. The molecular formula is C14H11ClFNOS. The van der Waals surface area contributed by atoms with Crippen molar-refractivity contribution in [2.45, 2.75) is 15.5 Å². The highest BCUT2D eigenvalue weighted by Gasteiger charge is 2.46. The molecule has 3 rings (SSSR count). The Labute approximate surface area is 119 Å². The highest BCUT2D eigenvalue weighted by molar-refractivity contribution is 8.03. The number of amides is 1. The molecule has 1 aromatic carbocycles. The van der Waals surface area contributed by atoms with Crippen molar-refractivity contribution < 1.29 is 9.18 Å². The van der Waals surface area contributed by atoms with Gasteiger partial charge in [0.25, 0.3) is 0 Å². The second-order valence-electron chi connectivity index (χ2n) is 4.48. The third kappa shape index (κ3) is 2.30. The SMILES string of the molecule is O=C1NC2C=CC(F)=CC2(Cl)SC1c1ccccc1. The highest BCUT2D eigenvalue weighted by Crippen LogP contribution is 2.50. The minimum Gasteiger partial charge on any atom is -0.346 e. The average molecular weight is 296 g/mol. The van der Waals surface area contributed by atoms with E-state index in [1.54, 1.807) is 6.08 Å². The van der Waals surface area contributed by atoms with Crippen LogP contribution < -0.4 is 5.32 Å². The molecular weight excluding hydrogens is 285 g/mol. The summed E-state index contributed by atoms with van der Waals surface area (Å²) in [6, 6.07) is 8.98. The molecule has 98 valence electrons. The van der Waals surface area contributed by atoms with E-state index >= 15 is 0 Å². The topological polar surface area (TPSA) is 29.1 Å². The maximum atomic E-state index is 13.4. The lowest BCUT2D eigenvalue weighted by atomic mass is 10.0. The molecule has 2 aliphatic rings. The van der Waals surface area contributed by atoms with Gasteiger partial charge in [0.1, 0.15) is 15.3 Å². The van der Waals surface area contributed by atoms with Gasteiger partial charge in [-0.1, -0.05) is 48.0 Å². The summed E-state index contributed by atoms with van der Waals surface area (Å²) < 4.78 is 12.4. The van der Waals surface area contributed by atoms with Crippen LogP contribution in [-0.4, -0.2) is 16.2 Å². The molecule has 0 aromatic heterocycles. The van der Waals surface area contributed by atoms with Crippen LogP contribution in [0.2, 0.25) is 0 Å². The fourth-order valence-corrected chi connectivity index (χ4v) is 4.00. The Morgan fingerprint density at radius 3 is 2.79 bits per heavy atom. The van der Waals surface area contributed by atoms with Gasteiger partial charge in [0, 0.05) is 0 Å². The Morgan fingerprint density at radius 1 is 1.32 bits per heavy atom. The molecule has 1 aromatic rings. The van der Waals surface area contributed by atoms with Crippen molar-refractivity contribution in [2.24, 2.45) is 0 Å². The summed E-state index contributed by atoms with van der Waals surface area (Å²) in [6.07, 6.45) is 4.28. The lowest BCUT2D eigenvalue weighted by molar-refractivity contribution is -0.121. The van der Waals surface area contributed by atoms with Gasteiger partial charge in [-0.2, -0.15) is 0 Å². The third-order valence-electron chi connectivity index (χ3n) is 3.14. The first-order valence-electron chi connectivity index (χ1n) is 5.87. The second-order valence-corrected chi connectivity index (χ2v) is 6.71. The van der Waals surface area contributed by atoms with Crippen LogP contribution >= 0.6 is 23.4 Å². The molecule has 1 aliphatic heterocycles. The monoisotopic (exact) mass is 295 g/mol. The molecule has 0 bridgehead atoms. The van der Waals surface area contributed by atoms with Gasteiger partial charge in [0.15, 0.2) is 0 Å². The van der Waals surface area contributed by atoms with Gasteiger partial charge in [-0.15, -0.1) is 11.8 Å². The standard InChI is InChI=1S/C14H11ClFNOS/c15-14-8-10(16)6-7-11(14)17-13(18)12(19-14)9-4-2-1-3-5-9/h1-8,11-12H,(H,17,18). The molecule has 1 amide bonds. The third-order valence-corrected chi connectivity index (χ3v) is 5.21. The predicted octanol–water partition coefficient (Wildman–Crippen LogP) is 3.32. The van der Waals surface area contributed by atoms with Crippen LogP contribution in [0.3, 0.4) is 0 Å². The number of fused-ring (bicyclic) bond motifs is 1. The zero-order valence-corrected chi connectivity index (χ0v) is 11.4. The van der Waals surface area contributed by atoms with Gasteiger partial charge < -0.3 is 5.32 Å². The zero-order chi connectivity index (χ0) is 13.5. The number of halogens is 2. The number of carbonyl (C=O) groups is 1. The van der Waals surface area contributed by atoms with E-state index < -0.39 is 9.46 Å². The molecule has 3 atom stereocenters. The van der Waals surface area contributed by atoms with Crippen molar-refractivity contribution in [3.8, 4) is 0 Å². The molecule has 0 saturated carbocycles. The van der Waals surface area contributed by atoms with Gasteiger partial charge in [0.05, 0.1) is 6.04 Å². The fraction of sp³-hybridized carbons (Fsp3) is 0.214. The molecule has 2 nitrogen and oxygen atoms in total. The lowest BCUT2D eigenvalue weighted by Crippen LogP contribution is -2.52. The minimum atomic E-state index is -0.965. The molecule has 1 heterocycles. The molecule has 1 aliphatic carbocycles. The Kier molecular flexibility index (Phi) is 3.15. The second kappa shape index (κ2) is 4.69. The van der Waals surface area contributed by atoms with Crippen molar-refractivity contribution in [1.29, 1.82) is 0 Å². The number of rotatable bonds is 1.